The van der Waals surface area contributed by atoms with Crippen molar-refractivity contribution in [2.75, 3.05) is 20.2 Å². The van der Waals surface area contributed by atoms with Gasteiger partial charge in [0.15, 0.2) is 0 Å². The first kappa shape index (κ1) is 12.9. The van der Waals surface area contributed by atoms with Gasteiger partial charge in [-0.15, -0.1) is 0 Å². The van der Waals surface area contributed by atoms with Crippen LogP contribution in [0.1, 0.15) is 5.56 Å². The van der Waals surface area contributed by atoms with Crippen LogP contribution in [0.4, 0.5) is 0 Å². The van der Waals surface area contributed by atoms with Gasteiger partial charge in [-0.1, -0.05) is 12.1 Å². The summed E-state index contributed by atoms with van der Waals surface area (Å²) in [5, 5.41) is 15.4. The number of hydrogen-bond donors (Lipinski definition) is 3. The highest BCUT2D eigenvalue weighted by molar-refractivity contribution is 5.79. The van der Waals surface area contributed by atoms with Crippen LogP contribution in [0.5, 0.6) is 5.75 Å². The van der Waals surface area contributed by atoms with Crippen molar-refractivity contribution in [1.82, 2.24) is 10.6 Å². The molecule has 5 heteroatoms. The first-order chi connectivity index (χ1) is 8.69. The molecular formula is C13H18N2O3. The maximum absolute atomic E-state index is 11.9. The number of amides is 1. The summed E-state index contributed by atoms with van der Waals surface area (Å²) in [5.41, 5.74) is 0.799. The third-order valence-corrected chi connectivity index (χ3v) is 3.08. The van der Waals surface area contributed by atoms with Crippen LogP contribution < -0.4 is 10.6 Å². The molecule has 1 aliphatic rings. The van der Waals surface area contributed by atoms with Crippen LogP contribution in [-0.4, -0.2) is 43.4 Å². The van der Waals surface area contributed by atoms with Crippen LogP contribution in [0.3, 0.4) is 0 Å². The molecule has 0 saturated carbocycles. The molecule has 1 aromatic carbocycles. The van der Waals surface area contributed by atoms with E-state index in [1.165, 1.54) is 0 Å². The van der Waals surface area contributed by atoms with Crippen LogP contribution in [0.15, 0.2) is 24.3 Å². The van der Waals surface area contributed by atoms with Crippen molar-refractivity contribution in [3.05, 3.63) is 29.8 Å². The third kappa shape index (κ3) is 3.21. The summed E-state index contributed by atoms with van der Waals surface area (Å²) >= 11 is 0. The van der Waals surface area contributed by atoms with E-state index in [0.717, 1.165) is 18.7 Å². The zero-order valence-corrected chi connectivity index (χ0v) is 10.3. The summed E-state index contributed by atoms with van der Waals surface area (Å²) in [6, 6.07) is 6.75. The van der Waals surface area contributed by atoms with Crippen molar-refractivity contribution in [2.24, 2.45) is 0 Å². The van der Waals surface area contributed by atoms with Crippen molar-refractivity contribution in [2.45, 2.75) is 18.6 Å². The number of carbonyl (C=O) groups is 1. The second-order valence-corrected chi connectivity index (χ2v) is 4.45. The molecule has 1 aliphatic heterocycles. The van der Waals surface area contributed by atoms with Crippen LogP contribution in [-0.2, 0) is 16.0 Å². The number of phenols is 1. The van der Waals surface area contributed by atoms with Crippen molar-refractivity contribution < 1.29 is 14.6 Å². The second kappa shape index (κ2) is 5.84. The van der Waals surface area contributed by atoms with E-state index in [4.69, 9.17) is 4.74 Å². The molecule has 18 heavy (non-hydrogen) atoms. The van der Waals surface area contributed by atoms with Crippen molar-refractivity contribution in [3.8, 4) is 5.75 Å². The molecule has 5 nitrogen and oxygen atoms in total. The molecule has 1 saturated heterocycles. The zero-order valence-electron chi connectivity index (χ0n) is 10.3. The van der Waals surface area contributed by atoms with Crippen molar-refractivity contribution >= 4 is 5.91 Å². The SMILES string of the molecule is CO[C@H]1CNCC1NC(=O)Cc1cccc(O)c1. The summed E-state index contributed by atoms with van der Waals surface area (Å²) in [6.07, 6.45) is 0.291. The lowest BCUT2D eigenvalue weighted by atomic mass is 10.1. The van der Waals surface area contributed by atoms with Gasteiger partial charge in [-0.3, -0.25) is 4.79 Å². The highest BCUT2D eigenvalue weighted by Gasteiger charge is 2.27. The third-order valence-electron chi connectivity index (χ3n) is 3.08. The van der Waals surface area contributed by atoms with Gasteiger partial charge in [0.2, 0.25) is 5.91 Å². The lowest BCUT2D eigenvalue weighted by Crippen LogP contribution is -2.44. The van der Waals surface area contributed by atoms with Gasteiger partial charge < -0.3 is 20.5 Å². The Kier molecular flexibility index (Phi) is 4.17. The minimum Gasteiger partial charge on any atom is -0.508 e. The Labute approximate surface area is 106 Å². The van der Waals surface area contributed by atoms with Crippen LogP contribution >= 0.6 is 0 Å². The van der Waals surface area contributed by atoms with Gasteiger partial charge in [0.1, 0.15) is 5.75 Å². The number of carbonyl (C=O) groups excluding carboxylic acids is 1. The molecule has 1 unspecified atom stereocenters. The number of methoxy groups -OCH3 is 1. The van der Waals surface area contributed by atoms with E-state index in [0.29, 0.717) is 0 Å². The van der Waals surface area contributed by atoms with E-state index >= 15 is 0 Å². The lowest BCUT2D eigenvalue weighted by molar-refractivity contribution is -0.121. The number of nitrogens with one attached hydrogen (secondary N) is 2. The first-order valence-corrected chi connectivity index (χ1v) is 6.00. The molecular weight excluding hydrogens is 232 g/mol. The van der Waals surface area contributed by atoms with Gasteiger partial charge in [-0.2, -0.15) is 0 Å². The molecule has 0 bridgehead atoms. The normalized spacial score (nSPS) is 22.9. The Morgan fingerprint density at radius 2 is 2.39 bits per heavy atom. The summed E-state index contributed by atoms with van der Waals surface area (Å²) in [6.45, 7) is 1.48. The number of aromatic hydroxyl groups is 1. The topological polar surface area (TPSA) is 70.6 Å². The molecule has 98 valence electrons. The largest absolute Gasteiger partial charge is 0.508 e. The molecule has 0 aromatic heterocycles. The smallest absolute Gasteiger partial charge is 0.224 e. The fourth-order valence-corrected chi connectivity index (χ4v) is 2.16. The quantitative estimate of drug-likeness (QED) is 0.705. The number of phenolic OH excluding ortho intramolecular Hbond substituents is 1. The first-order valence-electron chi connectivity index (χ1n) is 6.00. The molecule has 2 rings (SSSR count). The number of benzene rings is 1. The summed E-state index contributed by atoms with van der Waals surface area (Å²) in [5.74, 6) is 0.119. The van der Waals surface area contributed by atoms with Gasteiger partial charge in [0.05, 0.1) is 18.6 Å². The summed E-state index contributed by atoms with van der Waals surface area (Å²) in [7, 11) is 1.64. The van der Waals surface area contributed by atoms with E-state index in [9.17, 15) is 9.90 Å². The average molecular weight is 250 g/mol. The Morgan fingerprint density at radius 1 is 1.56 bits per heavy atom. The molecule has 0 aliphatic carbocycles. The van der Waals surface area contributed by atoms with E-state index in [-0.39, 0.29) is 30.2 Å². The lowest BCUT2D eigenvalue weighted by Gasteiger charge is -2.18. The monoisotopic (exact) mass is 250 g/mol. The average Bonchev–Trinajstić information content (AvgIpc) is 2.76. The minimum absolute atomic E-state index is 0.0137. The highest BCUT2D eigenvalue weighted by Crippen LogP contribution is 2.11. The number of rotatable bonds is 4. The Balaban J connectivity index is 1.89. The van der Waals surface area contributed by atoms with Crippen LogP contribution in [0.25, 0.3) is 0 Å². The number of hydrogen-bond acceptors (Lipinski definition) is 4. The molecule has 0 spiro atoms. The van der Waals surface area contributed by atoms with Gasteiger partial charge in [-0.05, 0) is 17.7 Å². The second-order valence-electron chi connectivity index (χ2n) is 4.45. The van der Waals surface area contributed by atoms with E-state index in [1.807, 2.05) is 6.07 Å². The Hall–Kier alpha value is -1.59. The van der Waals surface area contributed by atoms with Gasteiger partial charge in [0, 0.05) is 20.2 Å². The molecule has 1 aromatic rings. The van der Waals surface area contributed by atoms with E-state index in [2.05, 4.69) is 10.6 Å². The van der Waals surface area contributed by atoms with Gasteiger partial charge in [0.25, 0.3) is 0 Å². The zero-order chi connectivity index (χ0) is 13.0. The molecule has 1 heterocycles. The van der Waals surface area contributed by atoms with E-state index in [1.54, 1.807) is 25.3 Å². The standard InChI is InChI=1S/C13H18N2O3/c1-18-12-8-14-7-11(12)15-13(17)6-9-3-2-4-10(16)5-9/h2-5,11-12,14,16H,6-8H2,1H3,(H,15,17)/t11?,12-/m0/s1. The Morgan fingerprint density at radius 3 is 3.11 bits per heavy atom. The maximum Gasteiger partial charge on any atom is 0.224 e. The Bertz CT molecular complexity index is 422. The summed E-state index contributed by atoms with van der Waals surface area (Å²) in [4.78, 5) is 11.9. The fraction of sp³-hybridized carbons (Fsp3) is 0.462. The fourth-order valence-electron chi connectivity index (χ4n) is 2.16. The molecule has 1 amide bonds. The predicted molar refractivity (Wildman–Crippen MR) is 67.4 cm³/mol. The maximum atomic E-state index is 11.9. The molecule has 2 atom stereocenters. The minimum atomic E-state index is -0.0589. The van der Waals surface area contributed by atoms with Crippen molar-refractivity contribution in [1.29, 1.82) is 0 Å². The van der Waals surface area contributed by atoms with Crippen LogP contribution in [0, 0.1) is 0 Å². The highest BCUT2D eigenvalue weighted by atomic mass is 16.5. The van der Waals surface area contributed by atoms with Gasteiger partial charge in [-0.25, -0.2) is 0 Å². The van der Waals surface area contributed by atoms with Crippen molar-refractivity contribution in [3.63, 3.8) is 0 Å². The van der Waals surface area contributed by atoms with Crippen LogP contribution in [0.2, 0.25) is 0 Å². The molecule has 0 radical (unpaired) electrons. The summed E-state index contributed by atoms with van der Waals surface area (Å²) < 4.78 is 5.28. The van der Waals surface area contributed by atoms with Gasteiger partial charge >= 0.3 is 0 Å². The number of ether oxygens (including phenoxy) is 1. The molecule has 3 N–H and O–H groups in total. The predicted octanol–water partition coefficient (Wildman–Crippen LogP) is 0.0377. The molecule has 1 fully saturated rings. The van der Waals surface area contributed by atoms with E-state index < -0.39 is 0 Å².